The van der Waals surface area contributed by atoms with Crippen LogP contribution >= 0.6 is 0 Å². The second-order valence-corrected chi connectivity index (χ2v) is 7.43. The fraction of sp³-hybridized carbons (Fsp3) is 0.273. The summed E-state index contributed by atoms with van der Waals surface area (Å²) >= 11 is 0. The van der Waals surface area contributed by atoms with Gasteiger partial charge in [-0.2, -0.15) is 5.10 Å². The summed E-state index contributed by atoms with van der Waals surface area (Å²) in [4.78, 5) is 14.6. The van der Waals surface area contributed by atoms with Gasteiger partial charge in [-0.3, -0.25) is 9.48 Å². The van der Waals surface area contributed by atoms with Crippen molar-refractivity contribution in [1.82, 2.24) is 14.7 Å². The number of likely N-dealkylation sites (tertiary alicyclic amines) is 1. The van der Waals surface area contributed by atoms with E-state index in [1.807, 2.05) is 36.1 Å². The van der Waals surface area contributed by atoms with E-state index in [-0.39, 0.29) is 11.7 Å². The highest BCUT2D eigenvalue weighted by molar-refractivity contribution is 5.96. The minimum absolute atomic E-state index is 0.0187. The van der Waals surface area contributed by atoms with Crippen molar-refractivity contribution in [2.24, 2.45) is 7.05 Å². The lowest BCUT2D eigenvalue weighted by molar-refractivity contribution is -0.00178. The molecule has 1 amide bonds. The highest BCUT2D eigenvalue weighted by Gasteiger charge is 2.45. The quantitative estimate of drug-likeness (QED) is 0.709. The van der Waals surface area contributed by atoms with Gasteiger partial charge in [-0.25, -0.2) is 0 Å². The molecule has 3 aromatic rings. The molecule has 6 nitrogen and oxygen atoms in total. The Labute approximate surface area is 163 Å². The summed E-state index contributed by atoms with van der Waals surface area (Å²) in [5, 5.41) is 14.5. The fourth-order valence-electron chi connectivity index (χ4n) is 4.37. The maximum Gasteiger partial charge on any atom is 0.257 e. The first kappa shape index (κ1) is 16.9. The number of phenols is 1. The summed E-state index contributed by atoms with van der Waals surface area (Å²) in [6.07, 6.45) is 3.25. The first-order chi connectivity index (χ1) is 13.6. The molecule has 0 saturated carbocycles. The van der Waals surface area contributed by atoms with Gasteiger partial charge in [-0.05, 0) is 24.3 Å². The average Bonchev–Trinajstić information content (AvgIpc) is 3.12. The number of carbonyl (C=O) groups excluding carboxylic acids is 1. The number of rotatable bonds is 1. The van der Waals surface area contributed by atoms with Crippen LogP contribution < -0.4 is 4.74 Å². The van der Waals surface area contributed by atoms with Crippen molar-refractivity contribution in [3.05, 3.63) is 65.9 Å². The molecule has 1 saturated heterocycles. The van der Waals surface area contributed by atoms with Crippen molar-refractivity contribution in [3.8, 4) is 22.8 Å². The molecule has 0 atom stereocenters. The van der Waals surface area contributed by atoms with Crippen LogP contribution in [-0.4, -0.2) is 38.8 Å². The van der Waals surface area contributed by atoms with E-state index in [0.29, 0.717) is 31.5 Å². The first-order valence-corrected chi connectivity index (χ1v) is 9.47. The normalized spacial score (nSPS) is 17.0. The number of nitrogens with zero attached hydrogens (tertiary/aromatic N) is 3. The van der Waals surface area contributed by atoms with Crippen LogP contribution in [0, 0.1) is 0 Å². The Kier molecular flexibility index (Phi) is 3.69. The average molecular weight is 375 g/mol. The molecule has 0 aliphatic carbocycles. The number of hydrogen-bond acceptors (Lipinski definition) is 4. The summed E-state index contributed by atoms with van der Waals surface area (Å²) in [5.74, 6) is 0.736. The molecular weight excluding hydrogens is 354 g/mol. The van der Waals surface area contributed by atoms with E-state index in [1.54, 1.807) is 29.2 Å². The third-order valence-corrected chi connectivity index (χ3v) is 5.87. The minimum atomic E-state index is -0.479. The number of aromatic nitrogens is 2. The van der Waals surface area contributed by atoms with Crippen molar-refractivity contribution >= 4 is 5.91 Å². The number of para-hydroxylation sites is 2. The number of amides is 1. The van der Waals surface area contributed by atoms with Crippen molar-refractivity contribution in [2.45, 2.75) is 18.4 Å². The molecule has 1 N–H and O–H groups in total. The van der Waals surface area contributed by atoms with Crippen LogP contribution in [0.3, 0.4) is 0 Å². The molecule has 1 fully saturated rings. The predicted octanol–water partition coefficient (Wildman–Crippen LogP) is 3.32. The number of benzene rings is 2. The van der Waals surface area contributed by atoms with E-state index in [9.17, 15) is 9.90 Å². The third-order valence-electron chi connectivity index (χ3n) is 5.87. The lowest BCUT2D eigenvalue weighted by atomic mass is 9.81. The summed E-state index contributed by atoms with van der Waals surface area (Å²) in [7, 11) is 1.95. The van der Waals surface area contributed by atoms with E-state index in [2.05, 4.69) is 11.2 Å². The molecule has 2 aliphatic rings. The number of phenolic OH excluding ortho intramolecular Hbond substituents is 1. The maximum absolute atomic E-state index is 12.8. The number of carbonyl (C=O) groups is 1. The standard InChI is InChI=1S/C22H21N3O3/c1-24-20-16-7-3-5-9-19(16)28-22(17(20)14-23-24)10-12-25(13-11-22)21(27)15-6-2-4-8-18(15)26/h2-9,14,26H,10-13H2,1H3. The van der Waals surface area contributed by atoms with E-state index in [1.165, 1.54) is 0 Å². The first-order valence-electron chi connectivity index (χ1n) is 9.47. The topological polar surface area (TPSA) is 67.6 Å². The van der Waals surface area contributed by atoms with Crippen molar-refractivity contribution in [2.75, 3.05) is 13.1 Å². The van der Waals surface area contributed by atoms with Crippen LogP contribution in [0.25, 0.3) is 11.3 Å². The number of piperidine rings is 1. The molecule has 5 rings (SSSR count). The van der Waals surface area contributed by atoms with Crippen molar-refractivity contribution < 1.29 is 14.6 Å². The fourth-order valence-corrected chi connectivity index (χ4v) is 4.37. The van der Waals surface area contributed by atoms with Gasteiger partial charge >= 0.3 is 0 Å². The number of aromatic hydroxyl groups is 1. The smallest absolute Gasteiger partial charge is 0.257 e. The molecule has 0 radical (unpaired) electrons. The van der Waals surface area contributed by atoms with Gasteiger partial charge in [-0.15, -0.1) is 0 Å². The zero-order valence-electron chi connectivity index (χ0n) is 15.6. The molecule has 1 spiro atoms. The van der Waals surface area contributed by atoms with Crippen LogP contribution in [0.2, 0.25) is 0 Å². The van der Waals surface area contributed by atoms with Gasteiger partial charge in [0.05, 0.1) is 17.5 Å². The SMILES string of the molecule is Cn1ncc2c1-c1ccccc1OC21CCN(C(=O)c2ccccc2O)CC1. The Morgan fingerprint density at radius 1 is 1.11 bits per heavy atom. The van der Waals surface area contributed by atoms with E-state index in [4.69, 9.17) is 4.74 Å². The van der Waals surface area contributed by atoms with E-state index in [0.717, 1.165) is 22.6 Å². The summed E-state index contributed by atoms with van der Waals surface area (Å²) in [5.41, 5.74) is 3.09. The van der Waals surface area contributed by atoms with Gasteiger partial charge in [-0.1, -0.05) is 24.3 Å². The molecule has 3 heterocycles. The van der Waals surface area contributed by atoms with Gasteiger partial charge in [0.1, 0.15) is 17.1 Å². The van der Waals surface area contributed by atoms with Gasteiger partial charge in [0.25, 0.3) is 5.91 Å². The van der Waals surface area contributed by atoms with Crippen LogP contribution in [-0.2, 0) is 12.6 Å². The Bertz CT molecular complexity index is 1060. The lowest BCUT2D eigenvalue weighted by Gasteiger charge is -2.44. The highest BCUT2D eigenvalue weighted by Crippen LogP contribution is 2.49. The summed E-state index contributed by atoms with van der Waals surface area (Å²) in [6, 6.07) is 14.7. The largest absolute Gasteiger partial charge is 0.507 e. The highest BCUT2D eigenvalue weighted by atomic mass is 16.5. The molecule has 0 bridgehead atoms. The minimum Gasteiger partial charge on any atom is -0.507 e. The molecular formula is C22H21N3O3. The molecule has 142 valence electrons. The number of aryl methyl sites for hydroxylation is 1. The zero-order valence-corrected chi connectivity index (χ0v) is 15.6. The van der Waals surface area contributed by atoms with E-state index >= 15 is 0 Å². The van der Waals surface area contributed by atoms with Crippen LogP contribution in [0.4, 0.5) is 0 Å². The Hall–Kier alpha value is -3.28. The number of fused-ring (bicyclic) bond motifs is 4. The van der Waals surface area contributed by atoms with Gasteiger partial charge < -0.3 is 14.7 Å². The van der Waals surface area contributed by atoms with Crippen LogP contribution in [0.1, 0.15) is 28.8 Å². The van der Waals surface area contributed by atoms with Crippen molar-refractivity contribution in [3.63, 3.8) is 0 Å². The van der Waals surface area contributed by atoms with E-state index < -0.39 is 5.60 Å². The predicted molar refractivity (Wildman–Crippen MR) is 104 cm³/mol. The molecule has 1 aromatic heterocycles. The Balaban J connectivity index is 1.45. The monoisotopic (exact) mass is 375 g/mol. The van der Waals surface area contributed by atoms with Gasteiger partial charge in [0.15, 0.2) is 0 Å². The Morgan fingerprint density at radius 3 is 2.61 bits per heavy atom. The molecule has 0 unspecified atom stereocenters. The van der Waals surface area contributed by atoms with Crippen molar-refractivity contribution in [1.29, 1.82) is 0 Å². The van der Waals surface area contributed by atoms with Crippen LogP contribution in [0.15, 0.2) is 54.7 Å². The summed E-state index contributed by atoms with van der Waals surface area (Å²) in [6.45, 7) is 1.12. The molecule has 2 aliphatic heterocycles. The number of hydrogen-bond donors (Lipinski definition) is 1. The molecule has 6 heteroatoms. The molecule has 2 aromatic carbocycles. The zero-order chi connectivity index (χ0) is 19.3. The lowest BCUT2D eigenvalue weighted by Crippen LogP contribution is -2.49. The summed E-state index contributed by atoms with van der Waals surface area (Å²) < 4.78 is 8.42. The number of ether oxygens (including phenoxy) is 1. The molecule has 28 heavy (non-hydrogen) atoms. The second kappa shape index (κ2) is 6.12. The maximum atomic E-state index is 12.8. The second-order valence-electron chi connectivity index (χ2n) is 7.43. The van der Waals surface area contributed by atoms with Crippen LogP contribution in [0.5, 0.6) is 11.5 Å². The van der Waals surface area contributed by atoms with Gasteiger partial charge in [0.2, 0.25) is 0 Å². The Morgan fingerprint density at radius 2 is 1.82 bits per heavy atom. The third kappa shape index (κ3) is 2.41. The van der Waals surface area contributed by atoms with Gasteiger partial charge in [0, 0.05) is 44.1 Å².